The Morgan fingerprint density at radius 2 is 2.08 bits per heavy atom. The molecule has 2 aliphatic rings. The summed E-state index contributed by atoms with van der Waals surface area (Å²) in [5.41, 5.74) is 0.294. The molecule has 1 atom stereocenters. The van der Waals surface area contributed by atoms with Gasteiger partial charge in [0.15, 0.2) is 9.71 Å². The number of ketones is 1. The number of rotatable bonds is 4. The Kier molecular flexibility index (Phi) is 4.95. The lowest BCUT2D eigenvalue weighted by molar-refractivity contribution is -0.161. The molecule has 0 N–H and O–H groups in total. The summed E-state index contributed by atoms with van der Waals surface area (Å²) in [6.45, 7) is 7.17. The van der Waals surface area contributed by atoms with Crippen LogP contribution < -0.4 is 0 Å². The van der Waals surface area contributed by atoms with Crippen LogP contribution in [0.3, 0.4) is 0 Å². The highest BCUT2D eigenvalue weighted by atomic mass is 32.2. The van der Waals surface area contributed by atoms with Gasteiger partial charge in [0.2, 0.25) is 0 Å². The molecular weight excluding hydrogens is 382 g/mol. The number of nitrogens with zero attached hydrogens (tertiary/aromatic N) is 3. The Bertz CT molecular complexity index is 781. The number of aromatic nitrogens is 2. The normalized spacial score (nSPS) is 20.5. The SMILES string of the molecule is Cc1nnc(SCC2=C(C(=O)OC(C)(C)C)N3C(=O)C(=O)[C@H]3SC2)s1. The van der Waals surface area contributed by atoms with Gasteiger partial charge in [-0.1, -0.05) is 23.1 Å². The average molecular weight is 400 g/mol. The maximum Gasteiger partial charge on any atom is 0.355 e. The number of hydrogen-bond acceptors (Lipinski definition) is 9. The van der Waals surface area contributed by atoms with Crippen LogP contribution in [0.5, 0.6) is 0 Å². The lowest BCUT2D eigenvalue weighted by Crippen LogP contribution is -2.62. The van der Waals surface area contributed by atoms with Gasteiger partial charge in [0, 0.05) is 11.5 Å². The Morgan fingerprint density at radius 1 is 1.36 bits per heavy atom. The Balaban J connectivity index is 1.87. The third kappa shape index (κ3) is 3.75. The molecule has 10 heteroatoms. The summed E-state index contributed by atoms with van der Waals surface area (Å²) in [7, 11) is 0. The monoisotopic (exact) mass is 399 g/mol. The van der Waals surface area contributed by atoms with Crippen molar-refractivity contribution in [3.63, 3.8) is 0 Å². The van der Waals surface area contributed by atoms with E-state index in [0.717, 1.165) is 14.9 Å². The van der Waals surface area contributed by atoms with Crippen molar-refractivity contribution in [3.8, 4) is 0 Å². The quantitative estimate of drug-likeness (QED) is 0.329. The zero-order chi connectivity index (χ0) is 18.4. The Hall–Kier alpha value is -1.39. The van der Waals surface area contributed by atoms with Crippen molar-refractivity contribution in [2.24, 2.45) is 0 Å². The standard InChI is InChI=1S/C15H17N3O4S3/c1-7-16-17-14(25-7)24-6-8-5-23-12-10(19)11(20)18(12)9(8)13(21)22-15(2,3)4/h12H,5-6H2,1-4H3/t12-/m1/s1. The number of amides is 1. The number of Topliss-reactive ketones (excluding diaryl/α,β-unsaturated/α-hetero) is 1. The summed E-state index contributed by atoms with van der Waals surface area (Å²) in [4.78, 5) is 37.6. The van der Waals surface area contributed by atoms with Gasteiger partial charge < -0.3 is 4.74 Å². The molecular formula is C15H17N3O4S3. The molecule has 7 nitrogen and oxygen atoms in total. The van der Waals surface area contributed by atoms with Gasteiger partial charge in [-0.25, -0.2) is 4.79 Å². The summed E-state index contributed by atoms with van der Waals surface area (Å²) in [6, 6.07) is 0. The average Bonchev–Trinajstić information content (AvgIpc) is 2.95. The van der Waals surface area contributed by atoms with Crippen LogP contribution in [-0.2, 0) is 19.1 Å². The van der Waals surface area contributed by atoms with Crippen LogP contribution in [0.1, 0.15) is 25.8 Å². The topological polar surface area (TPSA) is 89.5 Å². The highest BCUT2D eigenvalue weighted by Gasteiger charge is 2.53. The first-order valence-corrected chi connectivity index (χ1v) is 10.4. The Morgan fingerprint density at radius 3 is 2.68 bits per heavy atom. The van der Waals surface area contributed by atoms with E-state index in [4.69, 9.17) is 4.74 Å². The van der Waals surface area contributed by atoms with Crippen LogP contribution in [0.4, 0.5) is 0 Å². The Labute approximate surface area is 157 Å². The summed E-state index contributed by atoms with van der Waals surface area (Å²) in [5, 5.41) is 8.29. The second-order valence-electron chi connectivity index (χ2n) is 6.53. The molecule has 0 radical (unpaired) electrons. The van der Waals surface area contributed by atoms with Crippen molar-refractivity contribution in [2.45, 2.75) is 43.0 Å². The van der Waals surface area contributed by atoms with Gasteiger partial charge in [-0.05, 0) is 33.3 Å². The number of β-lactam (4-membered cyclic amide) rings is 1. The summed E-state index contributed by atoms with van der Waals surface area (Å²) >= 11 is 4.29. The zero-order valence-electron chi connectivity index (χ0n) is 14.2. The molecule has 0 aliphatic carbocycles. The molecule has 0 aromatic carbocycles. The fourth-order valence-corrected chi connectivity index (χ4v) is 5.49. The van der Waals surface area contributed by atoms with Crippen molar-refractivity contribution in [2.75, 3.05) is 11.5 Å². The first-order chi connectivity index (χ1) is 11.7. The fourth-order valence-electron chi connectivity index (χ4n) is 2.33. The van der Waals surface area contributed by atoms with E-state index in [1.54, 1.807) is 20.8 Å². The summed E-state index contributed by atoms with van der Waals surface area (Å²) < 4.78 is 6.25. The van der Waals surface area contributed by atoms with E-state index < -0.39 is 28.6 Å². The second-order valence-corrected chi connectivity index (χ2v) is 10.0. The van der Waals surface area contributed by atoms with Crippen molar-refractivity contribution in [1.29, 1.82) is 0 Å². The smallest absolute Gasteiger partial charge is 0.355 e. The number of carbonyl (C=O) groups excluding carboxylic acids is 3. The van der Waals surface area contributed by atoms with Gasteiger partial charge in [0.05, 0.1) is 0 Å². The molecule has 0 unspecified atom stereocenters. The first-order valence-electron chi connectivity index (χ1n) is 7.54. The summed E-state index contributed by atoms with van der Waals surface area (Å²) in [5.74, 6) is -0.687. The first kappa shape index (κ1) is 18.4. The van der Waals surface area contributed by atoms with E-state index in [-0.39, 0.29) is 5.70 Å². The minimum absolute atomic E-state index is 0.206. The van der Waals surface area contributed by atoms with Gasteiger partial charge >= 0.3 is 5.97 Å². The van der Waals surface area contributed by atoms with E-state index in [9.17, 15) is 14.4 Å². The van der Waals surface area contributed by atoms with Crippen molar-refractivity contribution in [1.82, 2.24) is 15.1 Å². The molecule has 0 saturated carbocycles. The number of hydrogen-bond donors (Lipinski definition) is 0. The molecule has 3 rings (SSSR count). The van der Waals surface area contributed by atoms with Gasteiger partial charge in [-0.2, -0.15) is 0 Å². The third-order valence-corrected chi connectivity index (χ3v) is 6.66. The molecule has 1 fully saturated rings. The van der Waals surface area contributed by atoms with Crippen molar-refractivity contribution < 1.29 is 19.1 Å². The van der Waals surface area contributed by atoms with Crippen LogP contribution in [0, 0.1) is 6.92 Å². The van der Waals surface area contributed by atoms with Crippen LogP contribution in [0.25, 0.3) is 0 Å². The highest BCUT2D eigenvalue weighted by molar-refractivity contribution is 8.02. The number of fused-ring (bicyclic) bond motifs is 1. The number of thioether (sulfide) groups is 2. The molecule has 1 aromatic heterocycles. The summed E-state index contributed by atoms with van der Waals surface area (Å²) in [6.07, 6.45) is 0. The molecule has 1 aromatic rings. The highest BCUT2D eigenvalue weighted by Crippen LogP contribution is 2.40. The van der Waals surface area contributed by atoms with Crippen LogP contribution >= 0.6 is 34.9 Å². The van der Waals surface area contributed by atoms with Gasteiger partial charge in [0.25, 0.3) is 11.7 Å². The van der Waals surface area contributed by atoms with E-state index in [2.05, 4.69) is 10.2 Å². The molecule has 1 saturated heterocycles. The lowest BCUT2D eigenvalue weighted by atomic mass is 10.1. The third-order valence-electron chi connectivity index (χ3n) is 3.35. The largest absolute Gasteiger partial charge is 0.455 e. The molecule has 0 spiro atoms. The lowest BCUT2D eigenvalue weighted by Gasteiger charge is -2.43. The fraction of sp³-hybridized carbons (Fsp3) is 0.533. The van der Waals surface area contributed by atoms with Crippen LogP contribution in [0.2, 0.25) is 0 Å². The number of ether oxygens (including phenoxy) is 1. The molecule has 2 aliphatic heterocycles. The molecule has 134 valence electrons. The van der Waals surface area contributed by atoms with Gasteiger partial charge in [-0.3, -0.25) is 14.5 Å². The van der Waals surface area contributed by atoms with E-state index in [1.165, 1.54) is 39.8 Å². The molecule has 25 heavy (non-hydrogen) atoms. The number of esters is 1. The number of aryl methyl sites for hydroxylation is 1. The zero-order valence-corrected chi connectivity index (χ0v) is 16.6. The predicted molar refractivity (Wildman–Crippen MR) is 96.3 cm³/mol. The maximum absolute atomic E-state index is 12.7. The van der Waals surface area contributed by atoms with Crippen LogP contribution in [-0.4, -0.2) is 55.2 Å². The molecule has 3 heterocycles. The molecule has 1 amide bonds. The maximum atomic E-state index is 12.7. The number of carbonyl (C=O) groups is 3. The molecule has 0 bridgehead atoms. The van der Waals surface area contributed by atoms with E-state index in [1.807, 2.05) is 6.92 Å². The predicted octanol–water partition coefficient (Wildman–Crippen LogP) is 2.02. The van der Waals surface area contributed by atoms with Gasteiger partial charge in [0.1, 0.15) is 16.3 Å². The van der Waals surface area contributed by atoms with Crippen LogP contribution in [0.15, 0.2) is 15.6 Å². The van der Waals surface area contributed by atoms with E-state index >= 15 is 0 Å². The minimum atomic E-state index is -0.684. The second kappa shape index (κ2) is 6.73. The van der Waals surface area contributed by atoms with Gasteiger partial charge in [-0.15, -0.1) is 22.0 Å². The minimum Gasteiger partial charge on any atom is -0.455 e. The van der Waals surface area contributed by atoms with Crippen molar-refractivity contribution in [3.05, 3.63) is 16.3 Å². The van der Waals surface area contributed by atoms with Crippen molar-refractivity contribution >= 4 is 52.5 Å². The van der Waals surface area contributed by atoms with E-state index in [0.29, 0.717) is 11.5 Å².